The number of rotatable bonds is 5. The predicted octanol–water partition coefficient (Wildman–Crippen LogP) is 4.58. The molecule has 1 N–H and O–H groups in total. The van der Waals surface area contributed by atoms with Gasteiger partial charge < -0.3 is 24.1 Å². The summed E-state index contributed by atoms with van der Waals surface area (Å²) in [6.45, 7) is 2.26. The zero-order chi connectivity index (χ0) is 22.0. The summed E-state index contributed by atoms with van der Waals surface area (Å²) in [4.78, 5) is 15.4. The zero-order valence-electron chi connectivity index (χ0n) is 18.3. The number of amides is 1. The van der Waals surface area contributed by atoms with Crippen LogP contribution in [0.2, 0.25) is 0 Å². The summed E-state index contributed by atoms with van der Waals surface area (Å²) >= 11 is 0. The van der Waals surface area contributed by atoms with Crippen LogP contribution in [-0.2, 0) is 6.61 Å². The van der Waals surface area contributed by atoms with Gasteiger partial charge in [-0.1, -0.05) is 36.4 Å². The number of fused-ring (bicyclic) bond motifs is 1. The number of likely N-dealkylation sites (tertiary alicyclic amines) is 1. The minimum atomic E-state index is -0.239. The molecule has 1 atom stereocenters. The van der Waals surface area contributed by atoms with Crippen molar-refractivity contribution in [1.82, 2.24) is 10.2 Å². The molecule has 0 saturated carbocycles. The van der Waals surface area contributed by atoms with E-state index < -0.39 is 0 Å². The van der Waals surface area contributed by atoms with Crippen LogP contribution in [0.5, 0.6) is 11.5 Å². The molecule has 0 radical (unpaired) electrons. The van der Waals surface area contributed by atoms with Crippen molar-refractivity contribution in [2.45, 2.75) is 37.5 Å². The van der Waals surface area contributed by atoms with Crippen LogP contribution in [0.15, 0.2) is 71.1 Å². The van der Waals surface area contributed by atoms with E-state index in [2.05, 4.69) is 17.3 Å². The zero-order valence-corrected chi connectivity index (χ0v) is 18.3. The lowest BCUT2D eigenvalue weighted by Gasteiger charge is -2.46. The standard InChI is InChI=1S/C26H28N2O4/c1-28-15-13-26(14-16-28)17-22(21-9-5-6-10-23(21)32-26)27-25(29)24-12-11-20(31-24)18-30-19-7-3-2-4-8-19/h2-12,22H,13-18H2,1H3,(H,27,29)/t22-/m1/s1. The van der Waals surface area contributed by atoms with Gasteiger partial charge in [-0.25, -0.2) is 0 Å². The second kappa shape index (κ2) is 8.71. The lowest BCUT2D eigenvalue weighted by Crippen LogP contribution is -2.51. The van der Waals surface area contributed by atoms with Crippen molar-refractivity contribution >= 4 is 5.91 Å². The molecule has 0 unspecified atom stereocenters. The molecule has 6 heteroatoms. The number of furan rings is 1. The summed E-state index contributed by atoms with van der Waals surface area (Å²) in [5, 5.41) is 3.19. The average molecular weight is 433 g/mol. The van der Waals surface area contributed by atoms with Gasteiger partial charge in [-0.2, -0.15) is 0 Å². The first kappa shape index (κ1) is 20.6. The molecular weight excluding hydrogens is 404 g/mol. The molecule has 1 aromatic heterocycles. The van der Waals surface area contributed by atoms with Crippen LogP contribution in [0, 0.1) is 0 Å². The fourth-order valence-corrected chi connectivity index (χ4v) is 4.56. The Kier molecular flexibility index (Phi) is 5.62. The fourth-order valence-electron chi connectivity index (χ4n) is 4.56. The van der Waals surface area contributed by atoms with Gasteiger partial charge in [0.1, 0.15) is 29.5 Å². The first-order chi connectivity index (χ1) is 15.6. The van der Waals surface area contributed by atoms with E-state index in [1.165, 1.54) is 0 Å². The Morgan fingerprint density at radius 1 is 1.06 bits per heavy atom. The van der Waals surface area contributed by atoms with E-state index in [9.17, 15) is 4.79 Å². The van der Waals surface area contributed by atoms with Crippen LogP contribution >= 0.6 is 0 Å². The highest BCUT2D eigenvalue weighted by Gasteiger charge is 2.43. The lowest BCUT2D eigenvalue weighted by atomic mass is 9.80. The van der Waals surface area contributed by atoms with Gasteiger partial charge >= 0.3 is 0 Å². The van der Waals surface area contributed by atoms with Gasteiger partial charge in [0.15, 0.2) is 5.76 Å². The third-order valence-corrected chi connectivity index (χ3v) is 6.41. The highest BCUT2D eigenvalue weighted by Crippen LogP contribution is 2.44. The van der Waals surface area contributed by atoms with Gasteiger partial charge in [0.05, 0.1) is 6.04 Å². The number of para-hydroxylation sites is 2. The largest absolute Gasteiger partial charge is 0.487 e. The number of piperidine rings is 1. The van der Waals surface area contributed by atoms with Crippen molar-refractivity contribution < 1.29 is 18.7 Å². The van der Waals surface area contributed by atoms with Crippen LogP contribution in [-0.4, -0.2) is 36.5 Å². The second-order valence-electron chi connectivity index (χ2n) is 8.72. The van der Waals surface area contributed by atoms with Crippen LogP contribution in [0.25, 0.3) is 0 Å². The number of carbonyl (C=O) groups excluding carboxylic acids is 1. The number of hydrogen-bond donors (Lipinski definition) is 1. The minimum absolute atomic E-state index is 0.120. The molecule has 3 heterocycles. The lowest BCUT2D eigenvalue weighted by molar-refractivity contribution is -0.0196. The Hall–Kier alpha value is -3.25. The topological polar surface area (TPSA) is 63.9 Å². The predicted molar refractivity (Wildman–Crippen MR) is 121 cm³/mol. The molecule has 32 heavy (non-hydrogen) atoms. The fraction of sp³-hybridized carbons (Fsp3) is 0.346. The number of nitrogens with one attached hydrogen (secondary N) is 1. The summed E-state index contributed by atoms with van der Waals surface area (Å²) in [6, 6.07) is 20.9. The smallest absolute Gasteiger partial charge is 0.287 e. The molecule has 2 aliphatic heterocycles. The maximum absolute atomic E-state index is 13.0. The quantitative estimate of drug-likeness (QED) is 0.640. The van der Waals surface area contributed by atoms with Crippen molar-refractivity contribution in [2.75, 3.05) is 20.1 Å². The van der Waals surface area contributed by atoms with Crippen LogP contribution in [0.3, 0.4) is 0 Å². The summed E-state index contributed by atoms with van der Waals surface area (Å²) in [6.07, 6.45) is 2.66. The number of ether oxygens (including phenoxy) is 2. The highest BCUT2D eigenvalue weighted by atomic mass is 16.5. The van der Waals surface area contributed by atoms with Crippen molar-refractivity contribution in [3.05, 3.63) is 83.8 Å². The molecule has 2 aromatic carbocycles. The molecule has 0 bridgehead atoms. The monoisotopic (exact) mass is 432 g/mol. The number of carbonyl (C=O) groups is 1. The first-order valence-corrected chi connectivity index (χ1v) is 11.1. The molecule has 3 aromatic rings. The van der Waals surface area contributed by atoms with Gasteiger partial charge in [-0.3, -0.25) is 4.79 Å². The van der Waals surface area contributed by atoms with Crippen molar-refractivity contribution in [3.63, 3.8) is 0 Å². The van der Waals surface area contributed by atoms with E-state index in [1.54, 1.807) is 12.1 Å². The van der Waals surface area contributed by atoms with E-state index in [0.29, 0.717) is 5.76 Å². The highest BCUT2D eigenvalue weighted by molar-refractivity contribution is 5.91. The molecule has 6 nitrogen and oxygen atoms in total. The van der Waals surface area contributed by atoms with Gasteiger partial charge in [0, 0.05) is 25.1 Å². The molecule has 1 amide bonds. The maximum atomic E-state index is 13.0. The van der Waals surface area contributed by atoms with Gasteiger partial charge in [0.25, 0.3) is 5.91 Å². The van der Waals surface area contributed by atoms with Gasteiger partial charge in [0.2, 0.25) is 0 Å². The van der Waals surface area contributed by atoms with Crippen LogP contribution in [0.4, 0.5) is 0 Å². The molecule has 1 saturated heterocycles. The van der Waals surface area contributed by atoms with E-state index >= 15 is 0 Å². The third kappa shape index (κ3) is 4.36. The number of benzene rings is 2. The molecular formula is C26H28N2O4. The maximum Gasteiger partial charge on any atom is 0.287 e. The van der Waals surface area contributed by atoms with E-state index in [4.69, 9.17) is 13.9 Å². The minimum Gasteiger partial charge on any atom is -0.487 e. The van der Waals surface area contributed by atoms with Crippen molar-refractivity contribution in [1.29, 1.82) is 0 Å². The summed E-state index contributed by atoms with van der Waals surface area (Å²) in [5.41, 5.74) is 0.779. The van der Waals surface area contributed by atoms with Crippen LogP contribution in [0.1, 0.15) is 47.2 Å². The molecule has 1 fully saturated rings. The van der Waals surface area contributed by atoms with E-state index in [1.807, 2.05) is 54.6 Å². The molecule has 166 valence electrons. The number of nitrogens with zero attached hydrogens (tertiary/aromatic N) is 1. The number of hydrogen-bond acceptors (Lipinski definition) is 5. The van der Waals surface area contributed by atoms with Crippen molar-refractivity contribution in [3.8, 4) is 11.5 Å². The second-order valence-corrected chi connectivity index (χ2v) is 8.72. The Labute approximate surface area is 188 Å². The Morgan fingerprint density at radius 3 is 2.62 bits per heavy atom. The molecule has 0 aliphatic carbocycles. The summed E-state index contributed by atoms with van der Waals surface area (Å²) in [7, 11) is 2.14. The van der Waals surface area contributed by atoms with E-state index in [-0.39, 0.29) is 29.9 Å². The summed E-state index contributed by atoms with van der Waals surface area (Å²) in [5.74, 6) is 2.30. The molecule has 2 aliphatic rings. The molecule has 1 spiro atoms. The normalized spacial score (nSPS) is 19.7. The molecule has 5 rings (SSSR count). The van der Waals surface area contributed by atoms with Gasteiger partial charge in [-0.15, -0.1) is 0 Å². The Morgan fingerprint density at radius 2 is 1.81 bits per heavy atom. The average Bonchev–Trinajstić information content (AvgIpc) is 3.30. The SMILES string of the molecule is CN1CCC2(CC1)C[C@@H](NC(=O)c1ccc(COc3ccccc3)o1)c1ccccc1O2. The Balaban J connectivity index is 1.28. The summed E-state index contributed by atoms with van der Waals surface area (Å²) < 4.78 is 18.0. The first-order valence-electron chi connectivity index (χ1n) is 11.1. The Bertz CT molecular complexity index is 1070. The third-order valence-electron chi connectivity index (χ3n) is 6.41. The van der Waals surface area contributed by atoms with Crippen LogP contribution < -0.4 is 14.8 Å². The van der Waals surface area contributed by atoms with Gasteiger partial charge in [-0.05, 0) is 50.2 Å². The van der Waals surface area contributed by atoms with Crippen molar-refractivity contribution in [2.24, 2.45) is 0 Å². The van der Waals surface area contributed by atoms with E-state index in [0.717, 1.165) is 49.4 Å².